The molecule has 0 spiro atoms. The molecule has 0 radical (unpaired) electrons. The van der Waals surface area contributed by atoms with Crippen LogP contribution in [0.15, 0.2) is 52.0 Å². The predicted octanol–water partition coefficient (Wildman–Crippen LogP) is 2.19. The van der Waals surface area contributed by atoms with E-state index in [4.69, 9.17) is 4.42 Å². The number of sulfonamides is 1. The number of piperidine rings is 1. The van der Waals surface area contributed by atoms with Crippen molar-refractivity contribution in [1.82, 2.24) is 4.31 Å². The van der Waals surface area contributed by atoms with Crippen LogP contribution in [0.3, 0.4) is 0 Å². The molecule has 136 valence electrons. The summed E-state index contributed by atoms with van der Waals surface area (Å²) in [6.07, 6.45) is 1.77. The molecule has 0 amide bonds. The molecule has 9 heteroatoms. The normalized spacial score (nSPS) is 17.6. The molecule has 0 N–H and O–H groups in total. The fourth-order valence-corrected chi connectivity index (χ4v) is 6.20. The first kappa shape index (κ1) is 18.1. The van der Waals surface area contributed by atoms with Gasteiger partial charge in [0.05, 0.1) is 11.5 Å². The lowest BCUT2D eigenvalue weighted by Gasteiger charge is -2.30. The van der Waals surface area contributed by atoms with Crippen LogP contribution in [0, 0.1) is 5.82 Å². The molecule has 6 nitrogen and oxygen atoms in total. The monoisotopic (exact) mass is 387 g/mol. The number of rotatable bonds is 5. The summed E-state index contributed by atoms with van der Waals surface area (Å²) in [6.45, 7) is 0.0808. The van der Waals surface area contributed by atoms with Crippen molar-refractivity contribution in [3.05, 3.63) is 54.2 Å². The van der Waals surface area contributed by atoms with Crippen molar-refractivity contribution >= 4 is 19.9 Å². The second-order valence-electron chi connectivity index (χ2n) is 5.92. The topological polar surface area (TPSA) is 84.7 Å². The predicted molar refractivity (Wildman–Crippen MR) is 89.5 cm³/mol. The molecule has 2 aromatic rings. The molecule has 25 heavy (non-hydrogen) atoms. The van der Waals surface area contributed by atoms with Gasteiger partial charge in [0, 0.05) is 13.1 Å². The van der Waals surface area contributed by atoms with Crippen molar-refractivity contribution in [2.75, 3.05) is 13.1 Å². The second kappa shape index (κ2) is 6.89. The van der Waals surface area contributed by atoms with E-state index in [1.165, 1.54) is 24.5 Å². The molecule has 0 bridgehead atoms. The molecule has 3 rings (SSSR count). The number of benzene rings is 1. The average molecular weight is 387 g/mol. The maximum absolute atomic E-state index is 13.8. The van der Waals surface area contributed by atoms with Gasteiger partial charge in [0.15, 0.2) is 9.84 Å². The summed E-state index contributed by atoms with van der Waals surface area (Å²) in [4.78, 5) is -0.383. The first-order valence-electron chi connectivity index (χ1n) is 7.79. The Hall–Kier alpha value is -1.71. The van der Waals surface area contributed by atoms with E-state index in [9.17, 15) is 21.2 Å². The van der Waals surface area contributed by atoms with Crippen molar-refractivity contribution in [2.45, 2.75) is 28.7 Å². The molecule has 1 aromatic carbocycles. The van der Waals surface area contributed by atoms with Crippen molar-refractivity contribution in [1.29, 1.82) is 0 Å². The van der Waals surface area contributed by atoms with Gasteiger partial charge in [0.1, 0.15) is 22.2 Å². The molecule has 0 aliphatic carbocycles. The zero-order valence-corrected chi connectivity index (χ0v) is 15.0. The van der Waals surface area contributed by atoms with E-state index in [0.29, 0.717) is 5.76 Å². The summed E-state index contributed by atoms with van der Waals surface area (Å²) >= 11 is 0. The van der Waals surface area contributed by atoms with Crippen LogP contribution in [-0.4, -0.2) is 39.5 Å². The minimum Gasteiger partial charge on any atom is -0.468 e. The van der Waals surface area contributed by atoms with Gasteiger partial charge in [-0.3, -0.25) is 0 Å². The standard InChI is InChI=1S/C16H18FNO5S2/c17-15-5-1-2-6-16(15)25(21,22)18-9-7-14(8-10-18)24(19,20)12-13-4-3-11-23-13/h1-6,11,14H,7-10,12H2. The lowest BCUT2D eigenvalue weighted by atomic mass is 10.2. The Labute approximate surface area is 146 Å². The number of hydrogen-bond donors (Lipinski definition) is 0. The molecular weight excluding hydrogens is 369 g/mol. The molecule has 1 saturated heterocycles. The molecule has 1 aliphatic rings. The van der Waals surface area contributed by atoms with Crippen LogP contribution >= 0.6 is 0 Å². The Morgan fingerprint density at radius 1 is 1.04 bits per heavy atom. The molecule has 1 aliphatic heterocycles. The minimum absolute atomic E-state index is 0.0404. The largest absolute Gasteiger partial charge is 0.468 e. The lowest BCUT2D eigenvalue weighted by molar-refractivity contribution is 0.343. The summed E-state index contributed by atoms with van der Waals surface area (Å²) in [5.74, 6) is -0.651. The zero-order chi connectivity index (χ0) is 18.1. The van der Waals surface area contributed by atoms with Crippen molar-refractivity contribution < 1.29 is 25.6 Å². The van der Waals surface area contributed by atoms with Crippen LogP contribution in [-0.2, 0) is 25.6 Å². The van der Waals surface area contributed by atoms with Crippen molar-refractivity contribution in [3.8, 4) is 0 Å². The molecule has 1 fully saturated rings. The Morgan fingerprint density at radius 2 is 1.72 bits per heavy atom. The maximum Gasteiger partial charge on any atom is 0.245 e. The van der Waals surface area contributed by atoms with E-state index < -0.39 is 30.9 Å². The molecule has 2 heterocycles. The smallest absolute Gasteiger partial charge is 0.245 e. The number of furan rings is 1. The molecule has 0 unspecified atom stereocenters. The summed E-state index contributed by atoms with van der Waals surface area (Å²) in [7, 11) is -7.40. The maximum atomic E-state index is 13.8. The molecule has 0 atom stereocenters. The molecular formula is C16H18FNO5S2. The number of sulfone groups is 1. The highest BCUT2D eigenvalue weighted by Gasteiger charge is 2.36. The Kier molecular flexibility index (Phi) is 4.99. The van der Waals surface area contributed by atoms with Gasteiger partial charge in [-0.25, -0.2) is 21.2 Å². The third-order valence-corrected chi connectivity index (χ3v) is 8.39. The Balaban J connectivity index is 1.70. The van der Waals surface area contributed by atoms with Gasteiger partial charge in [-0.05, 0) is 37.1 Å². The molecule has 1 aromatic heterocycles. The van der Waals surface area contributed by atoms with Crippen LogP contribution in [0.2, 0.25) is 0 Å². The van der Waals surface area contributed by atoms with E-state index in [1.54, 1.807) is 12.1 Å². The highest BCUT2D eigenvalue weighted by molar-refractivity contribution is 7.91. The third kappa shape index (κ3) is 3.78. The van der Waals surface area contributed by atoms with E-state index >= 15 is 0 Å². The Morgan fingerprint density at radius 3 is 2.32 bits per heavy atom. The highest BCUT2D eigenvalue weighted by Crippen LogP contribution is 2.26. The van der Waals surface area contributed by atoms with Crippen LogP contribution in [0.5, 0.6) is 0 Å². The SMILES string of the molecule is O=S(=O)(Cc1ccco1)C1CCN(S(=O)(=O)c2ccccc2F)CC1. The summed E-state index contributed by atoms with van der Waals surface area (Å²) in [5, 5.41) is -0.635. The van der Waals surface area contributed by atoms with E-state index in [0.717, 1.165) is 10.4 Å². The van der Waals surface area contributed by atoms with Crippen LogP contribution in [0.25, 0.3) is 0 Å². The third-order valence-electron chi connectivity index (χ3n) is 4.29. The summed E-state index contributed by atoms with van der Waals surface area (Å²) in [6, 6.07) is 8.39. The highest BCUT2D eigenvalue weighted by atomic mass is 32.2. The van der Waals surface area contributed by atoms with Crippen LogP contribution in [0.4, 0.5) is 4.39 Å². The van der Waals surface area contributed by atoms with E-state index in [-0.39, 0.29) is 36.6 Å². The van der Waals surface area contributed by atoms with Gasteiger partial charge >= 0.3 is 0 Å². The van der Waals surface area contributed by atoms with Crippen molar-refractivity contribution in [3.63, 3.8) is 0 Å². The fraction of sp³-hybridized carbons (Fsp3) is 0.375. The number of nitrogens with zero attached hydrogens (tertiary/aromatic N) is 1. The Bertz CT molecular complexity index is 931. The quantitative estimate of drug-likeness (QED) is 0.785. The van der Waals surface area contributed by atoms with Gasteiger partial charge < -0.3 is 4.42 Å². The average Bonchev–Trinajstić information content (AvgIpc) is 3.07. The molecule has 0 saturated carbocycles. The minimum atomic E-state index is -3.97. The summed E-state index contributed by atoms with van der Waals surface area (Å²) < 4.78 is 70.0. The fourth-order valence-electron chi connectivity index (χ4n) is 2.94. The van der Waals surface area contributed by atoms with Gasteiger partial charge in [-0.2, -0.15) is 4.31 Å². The van der Waals surface area contributed by atoms with Crippen LogP contribution in [0.1, 0.15) is 18.6 Å². The van der Waals surface area contributed by atoms with Gasteiger partial charge in [-0.1, -0.05) is 12.1 Å². The second-order valence-corrected chi connectivity index (χ2v) is 10.1. The first-order valence-corrected chi connectivity index (χ1v) is 10.9. The van der Waals surface area contributed by atoms with Gasteiger partial charge in [0.25, 0.3) is 0 Å². The number of halogens is 1. The van der Waals surface area contributed by atoms with Crippen molar-refractivity contribution in [2.24, 2.45) is 0 Å². The lowest BCUT2D eigenvalue weighted by Crippen LogP contribution is -2.42. The van der Waals surface area contributed by atoms with E-state index in [2.05, 4.69) is 0 Å². The van der Waals surface area contributed by atoms with Gasteiger partial charge in [-0.15, -0.1) is 0 Å². The first-order chi connectivity index (χ1) is 11.8. The zero-order valence-electron chi connectivity index (χ0n) is 13.3. The number of hydrogen-bond acceptors (Lipinski definition) is 5. The van der Waals surface area contributed by atoms with Crippen LogP contribution < -0.4 is 0 Å². The summed E-state index contributed by atoms with van der Waals surface area (Å²) in [5.41, 5.74) is 0. The van der Waals surface area contributed by atoms with Gasteiger partial charge in [0.2, 0.25) is 10.0 Å². The van der Waals surface area contributed by atoms with E-state index in [1.807, 2.05) is 0 Å².